The number of hydrogen-bond acceptors (Lipinski definition) is 5. The fourth-order valence-corrected chi connectivity index (χ4v) is 2.43. The second-order valence-corrected chi connectivity index (χ2v) is 5.19. The smallest absolute Gasteiger partial charge is 0.308 e. The van der Waals surface area contributed by atoms with Crippen molar-refractivity contribution in [2.75, 3.05) is 0 Å². The van der Waals surface area contributed by atoms with Crippen LogP contribution in [0.5, 0.6) is 0 Å². The van der Waals surface area contributed by atoms with E-state index < -0.39 is 17.3 Å². The van der Waals surface area contributed by atoms with Crippen LogP contribution >= 0.6 is 11.8 Å². The third kappa shape index (κ3) is 4.40. The van der Waals surface area contributed by atoms with Gasteiger partial charge in [0.25, 0.3) is 5.24 Å². The van der Waals surface area contributed by atoms with Crippen molar-refractivity contribution in [1.82, 2.24) is 5.32 Å². The SMILES string of the molecule is O=C(CC1CC(=O)SC(=O)N1)OCc1ccccc1. The standard InChI is InChI=1S/C13H13NO4S/c15-11(18-8-9-4-2-1-3-5-9)6-10-7-12(16)19-13(17)14-10/h1-5,10H,6-8H2,(H,14,17). The zero-order valence-electron chi connectivity index (χ0n) is 10.1. The lowest BCUT2D eigenvalue weighted by molar-refractivity contribution is -0.145. The Kier molecular flexibility index (Phi) is 4.57. The fraction of sp³-hybridized carbons (Fsp3) is 0.308. The van der Waals surface area contributed by atoms with Crippen molar-refractivity contribution in [3.05, 3.63) is 35.9 Å². The first-order valence-electron chi connectivity index (χ1n) is 5.84. The zero-order chi connectivity index (χ0) is 13.7. The first-order chi connectivity index (χ1) is 9.13. The molecule has 0 aliphatic carbocycles. The third-order valence-corrected chi connectivity index (χ3v) is 3.29. The van der Waals surface area contributed by atoms with Crippen molar-refractivity contribution in [1.29, 1.82) is 0 Å². The molecule has 0 spiro atoms. The predicted molar refractivity (Wildman–Crippen MR) is 70.4 cm³/mol. The van der Waals surface area contributed by atoms with E-state index in [9.17, 15) is 14.4 Å². The van der Waals surface area contributed by atoms with Crippen molar-refractivity contribution in [3.8, 4) is 0 Å². The molecule has 1 saturated heterocycles. The topological polar surface area (TPSA) is 72.5 Å². The van der Waals surface area contributed by atoms with Crippen LogP contribution in [-0.2, 0) is 20.9 Å². The molecule has 0 radical (unpaired) electrons. The molecule has 1 aliphatic heterocycles. The van der Waals surface area contributed by atoms with Crippen LogP contribution in [0.25, 0.3) is 0 Å². The molecule has 0 saturated carbocycles. The van der Waals surface area contributed by atoms with Crippen molar-refractivity contribution >= 4 is 28.1 Å². The molecule has 1 unspecified atom stereocenters. The highest BCUT2D eigenvalue weighted by molar-refractivity contribution is 8.26. The Hall–Kier alpha value is -1.82. The quantitative estimate of drug-likeness (QED) is 0.852. The molecule has 1 amide bonds. The minimum Gasteiger partial charge on any atom is -0.461 e. The summed E-state index contributed by atoms with van der Waals surface area (Å²) in [6.45, 7) is 0.197. The number of rotatable bonds is 4. The maximum Gasteiger partial charge on any atom is 0.308 e. The molecule has 1 aromatic carbocycles. The van der Waals surface area contributed by atoms with E-state index in [4.69, 9.17) is 4.74 Å². The number of carbonyl (C=O) groups is 3. The lowest BCUT2D eigenvalue weighted by Crippen LogP contribution is -2.40. The summed E-state index contributed by atoms with van der Waals surface area (Å²) >= 11 is 0.641. The van der Waals surface area contributed by atoms with Gasteiger partial charge < -0.3 is 10.1 Å². The number of nitrogens with one attached hydrogen (secondary N) is 1. The van der Waals surface area contributed by atoms with Crippen LogP contribution in [0, 0.1) is 0 Å². The molecular weight excluding hydrogens is 266 g/mol. The molecule has 0 bridgehead atoms. The van der Waals surface area contributed by atoms with Crippen molar-refractivity contribution in [3.63, 3.8) is 0 Å². The average molecular weight is 279 g/mol. The van der Waals surface area contributed by atoms with Crippen molar-refractivity contribution in [2.24, 2.45) is 0 Å². The Morgan fingerprint density at radius 1 is 1.32 bits per heavy atom. The minimum atomic E-state index is -0.454. The summed E-state index contributed by atoms with van der Waals surface area (Å²) in [6, 6.07) is 8.86. The highest BCUT2D eigenvalue weighted by Gasteiger charge is 2.27. The molecule has 2 rings (SSSR count). The highest BCUT2D eigenvalue weighted by atomic mass is 32.2. The first kappa shape index (κ1) is 13.6. The van der Waals surface area contributed by atoms with E-state index in [1.165, 1.54) is 0 Å². The Balaban J connectivity index is 1.78. The maximum atomic E-state index is 11.6. The molecule has 0 aromatic heterocycles. The van der Waals surface area contributed by atoms with E-state index in [1.54, 1.807) is 0 Å². The normalized spacial score (nSPS) is 18.8. The summed E-state index contributed by atoms with van der Waals surface area (Å²) < 4.78 is 5.09. The van der Waals surface area contributed by atoms with E-state index in [2.05, 4.69) is 5.32 Å². The van der Waals surface area contributed by atoms with Gasteiger partial charge in [-0.1, -0.05) is 30.3 Å². The number of carbonyl (C=O) groups excluding carboxylic acids is 3. The van der Waals surface area contributed by atoms with Gasteiger partial charge in [-0.2, -0.15) is 0 Å². The van der Waals surface area contributed by atoms with Gasteiger partial charge in [0.1, 0.15) is 6.61 Å². The van der Waals surface area contributed by atoms with Crippen LogP contribution in [0.1, 0.15) is 18.4 Å². The summed E-state index contributed by atoms with van der Waals surface area (Å²) in [7, 11) is 0. The van der Waals surface area contributed by atoms with Crippen LogP contribution in [0.15, 0.2) is 30.3 Å². The largest absolute Gasteiger partial charge is 0.461 e. The zero-order valence-corrected chi connectivity index (χ0v) is 10.9. The van der Waals surface area contributed by atoms with Crippen LogP contribution in [0.3, 0.4) is 0 Å². The average Bonchev–Trinajstić information content (AvgIpc) is 2.36. The van der Waals surface area contributed by atoms with Gasteiger partial charge in [0.2, 0.25) is 0 Å². The number of ether oxygens (including phenoxy) is 1. The summed E-state index contributed by atoms with van der Waals surface area (Å²) in [6.07, 6.45) is 0.182. The van der Waals surface area contributed by atoms with Gasteiger partial charge in [0.15, 0.2) is 5.12 Å². The van der Waals surface area contributed by atoms with Gasteiger partial charge >= 0.3 is 5.97 Å². The molecule has 19 heavy (non-hydrogen) atoms. The van der Waals surface area contributed by atoms with Gasteiger partial charge in [-0.3, -0.25) is 14.4 Å². The van der Waals surface area contributed by atoms with Crippen LogP contribution in [0.2, 0.25) is 0 Å². The van der Waals surface area contributed by atoms with Gasteiger partial charge in [0.05, 0.1) is 6.42 Å². The Labute approximate surface area is 114 Å². The maximum absolute atomic E-state index is 11.6. The third-order valence-electron chi connectivity index (χ3n) is 2.60. The van der Waals surface area contributed by atoms with E-state index in [0.717, 1.165) is 5.56 Å². The molecule has 100 valence electrons. The van der Waals surface area contributed by atoms with E-state index >= 15 is 0 Å². The van der Waals surface area contributed by atoms with E-state index in [1.807, 2.05) is 30.3 Å². The minimum absolute atomic E-state index is 0.0187. The number of hydrogen-bond donors (Lipinski definition) is 1. The highest BCUT2D eigenvalue weighted by Crippen LogP contribution is 2.17. The number of amides is 1. The summed E-state index contributed by atoms with van der Waals surface area (Å²) in [5, 5.41) is 1.95. The Morgan fingerprint density at radius 3 is 2.74 bits per heavy atom. The van der Waals surface area contributed by atoms with Crippen molar-refractivity contribution in [2.45, 2.75) is 25.5 Å². The molecule has 1 aromatic rings. The number of thioether (sulfide) groups is 1. The van der Waals surface area contributed by atoms with E-state index in [-0.39, 0.29) is 24.6 Å². The summed E-state index contributed by atoms with van der Waals surface area (Å²) in [4.78, 5) is 33.9. The number of esters is 1. The lowest BCUT2D eigenvalue weighted by atomic mass is 10.1. The second kappa shape index (κ2) is 6.38. The molecule has 1 aliphatic rings. The van der Waals surface area contributed by atoms with Crippen LogP contribution in [0.4, 0.5) is 4.79 Å². The Bertz CT molecular complexity index is 473. The molecule has 6 heteroatoms. The van der Waals surface area contributed by atoms with E-state index in [0.29, 0.717) is 11.8 Å². The van der Waals surface area contributed by atoms with Crippen LogP contribution < -0.4 is 5.32 Å². The molecule has 1 heterocycles. The van der Waals surface area contributed by atoms with Crippen molar-refractivity contribution < 1.29 is 19.1 Å². The molecule has 1 atom stereocenters. The lowest BCUT2D eigenvalue weighted by Gasteiger charge is -2.20. The van der Waals surface area contributed by atoms with Gasteiger partial charge in [0, 0.05) is 24.2 Å². The molecule has 1 fully saturated rings. The first-order valence-corrected chi connectivity index (χ1v) is 6.66. The second-order valence-electron chi connectivity index (χ2n) is 4.16. The van der Waals surface area contributed by atoms with Gasteiger partial charge in [-0.25, -0.2) is 0 Å². The van der Waals surface area contributed by atoms with Crippen LogP contribution in [-0.4, -0.2) is 22.4 Å². The summed E-state index contributed by atoms with van der Waals surface area (Å²) in [5.41, 5.74) is 0.898. The monoisotopic (exact) mass is 279 g/mol. The predicted octanol–water partition coefficient (Wildman–Crippen LogP) is 1.86. The Morgan fingerprint density at radius 2 is 2.05 bits per heavy atom. The summed E-state index contributed by atoms with van der Waals surface area (Å²) in [5.74, 6) is -0.422. The van der Waals surface area contributed by atoms with Gasteiger partial charge in [-0.05, 0) is 5.56 Å². The molecule has 5 nitrogen and oxygen atoms in total. The number of benzene rings is 1. The van der Waals surface area contributed by atoms with Gasteiger partial charge in [-0.15, -0.1) is 0 Å². The molecule has 1 N–H and O–H groups in total. The fourth-order valence-electron chi connectivity index (χ4n) is 1.71. The molecular formula is C13H13NO4S.